The van der Waals surface area contributed by atoms with Crippen molar-refractivity contribution in [3.8, 4) is 0 Å². The third kappa shape index (κ3) is 8.38. The van der Waals surface area contributed by atoms with Crippen LogP contribution in [0.25, 0.3) is 0 Å². The molecule has 0 fully saturated rings. The van der Waals surface area contributed by atoms with E-state index in [-0.39, 0.29) is 17.1 Å². The van der Waals surface area contributed by atoms with E-state index in [0.717, 1.165) is 5.69 Å². The molecule has 0 saturated heterocycles. The van der Waals surface area contributed by atoms with Crippen LogP contribution in [0, 0.1) is 6.07 Å². The Morgan fingerprint density at radius 3 is 1.89 bits per heavy atom. The molecule has 0 amide bonds. The predicted molar refractivity (Wildman–Crippen MR) is 79.9 cm³/mol. The van der Waals surface area contributed by atoms with Crippen LogP contribution in [-0.2, 0) is 29.7 Å². The summed E-state index contributed by atoms with van der Waals surface area (Å²) in [6, 6.07) is 22.2. The molecule has 0 aliphatic carbocycles. The molecule has 2 nitrogen and oxygen atoms in total. The van der Waals surface area contributed by atoms with Crippen LogP contribution in [-0.4, -0.2) is 24.2 Å². The van der Waals surface area contributed by atoms with Crippen molar-refractivity contribution >= 4 is 23.5 Å². The van der Waals surface area contributed by atoms with Gasteiger partial charge < -0.3 is 17.5 Å². The number of aliphatic imine (C=N–C) groups is 1. The van der Waals surface area contributed by atoms with Crippen molar-refractivity contribution in [2.24, 2.45) is 4.99 Å². The Bertz CT molecular complexity index is 431. The molecule has 103 valence electrons. The number of para-hydroxylation sites is 1. The van der Waals surface area contributed by atoms with Crippen molar-refractivity contribution in [1.82, 2.24) is 4.90 Å². The summed E-state index contributed by atoms with van der Waals surface area (Å²) in [6.07, 6.45) is 0. The van der Waals surface area contributed by atoms with Crippen LogP contribution < -0.4 is 0 Å². The number of rotatable bonds is 1. The quantitative estimate of drug-likeness (QED) is 0.263. The van der Waals surface area contributed by atoms with Crippen molar-refractivity contribution in [2.75, 3.05) is 14.1 Å². The molecular weight excluding hydrogens is 304 g/mol. The second-order valence-electron chi connectivity index (χ2n) is 3.70. The van der Waals surface area contributed by atoms with Gasteiger partial charge in [0.05, 0.1) is 5.69 Å². The Morgan fingerprint density at radius 1 is 1.00 bits per heavy atom. The zero-order valence-electron chi connectivity index (χ0n) is 10.9. The van der Waals surface area contributed by atoms with Gasteiger partial charge in [-0.25, -0.2) is 0 Å². The third-order valence-corrected chi connectivity index (χ3v) is 2.43. The van der Waals surface area contributed by atoms with Gasteiger partial charge >= 0.3 is 17.1 Å². The minimum absolute atomic E-state index is 0. The fourth-order valence-electron chi connectivity index (χ4n) is 1.05. The molecule has 2 aromatic carbocycles. The van der Waals surface area contributed by atoms with Gasteiger partial charge in [-0.3, -0.25) is 4.99 Å². The number of amidine groups is 1. The molecule has 0 unspecified atom stereocenters. The Kier molecular flexibility index (Phi) is 9.81. The van der Waals surface area contributed by atoms with Gasteiger partial charge in [0.2, 0.25) is 0 Å². The van der Waals surface area contributed by atoms with Crippen molar-refractivity contribution in [3.63, 3.8) is 0 Å². The van der Waals surface area contributed by atoms with Crippen LogP contribution in [0.15, 0.2) is 65.7 Å². The Balaban J connectivity index is 0.000000392. The summed E-state index contributed by atoms with van der Waals surface area (Å²) in [4.78, 5) is 6.02. The molecular formula is C15H16CuN2S. The fraction of sp³-hybridized carbons (Fsp3) is 0.133. The number of hydrogen-bond donors (Lipinski definition) is 0. The molecule has 0 aromatic heterocycles. The summed E-state index contributed by atoms with van der Waals surface area (Å²) in [5.41, 5.74) is 0.899. The molecule has 2 rings (SSSR count). The topological polar surface area (TPSA) is 15.6 Å². The normalized spacial score (nSPS) is 9.68. The van der Waals surface area contributed by atoms with Gasteiger partial charge in [-0.1, -0.05) is 18.2 Å². The maximum atomic E-state index is 5.02. The SMILES string of the molecule is CN(C)C([S-])=Nc1ccccc1.[Cu+2].[c-]1ccccc1. The average molecular weight is 320 g/mol. The second kappa shape index (κ2) is 10.6. The van der Waals surface area contributed by atoms with Crippen molar-refractivity contribution in [2.45, 2.75) is 0 Å². The van der Waals surface area contributed by atoms with Crippen LogP contribution in [0.3, 0.4) is 0 Å². The zero-order chi connectivity index (χ0) is 13.2. The van der Waals surface area contributed by atoms with E-state index >= 15 is 0 Å². The molecule has 0 bridgehead atoms. The summed E-state index contributed by atoms with van der Waals surface area (Å²) in [5, 5.41) is 0.598. The summed E-state index contributed by atoms with van der Waals surface area (Å²) in [6.45, 7) is 0. The van der Waals surface area contributed by atoms with Gasteiger partial charge in [0, 0.05) is 14.1 Å². The van der Waals surface area contributed by atoms with Gasteiger partial charge in [0.1, 0.15) is 0 Å². The first-order chi connectivity index (χ1) is 8.70. The van der Waals surface area contributed by atoms with Crippen molar-refractivity contribution < 1.29 is 17.1 Å². The van der Waals surface area contributed by atoms with Gasteiger partial charge in [-0.15, -0.1) is 0 Å². The second-order valence-corrected chi connectivity index (χ2v) is 4.07. The molecule has 0 atom stereocenters. The largest absolute Gasteiger partial charge is 2.00 e. The Hall–Kier alpha value is -1.35. The molecule has 0 N–H and O–H groups in total. The standard InChI is InChI=1S/C9H12N2S.C6H5.Cu/c1-11(2)9(12)10-8-6-4-3-5-7-8;1-2-4-6-5-3-1;/h3-7H,1-2H3,(H,10,12);1-5H;/q;-1;+2/p-1. The van der Waals surface area contributed by atoms with Gasteiger partial charge in [0.15, 0.2) is 0 Å². The summed E-state index contributed by atoms with van der Waals surface area (Å²) in [5.74, 6) is 0. The molecule has 2 aromatic rings. The van der Waals surface area contributed by atoms with Crippen LogP contribution in [0.5, 0.6) is 0 Å². The number of nitrogens with zero attached hydrogens (tertiary/aromatic N) is 2. The van der Waals surface area contributed by atoms with Crippen molar-refractivity contribution in [3.05, 3.63) is 66.7 Å². The molecule has 0 saturated carbocycles. The maximum Gasteiger partial charge on any atom is 2.00 e. The van der Waals surface area contributed by atoms with E-state index in [4.69, 9.17) is 12.6 Å². The van der Waals surface area contributed by atoms with E-state index in [1.54, 1.807) is 0 Å². The van der Waals surface area contributed by atoms with Crippen LogP contribution in [0.2, 0.25) is 0 Å². The van der Waals surface area contributed by atoms with E-state index in [2.05, 4.69) is 11.1 Å². The zero-order valence-corrected chi connectivity index (χ0v) is 12.6. The van der Waals surface area contributed by atoms with Crippen molar-refractivity contribution in [1.29, 1.82) is 0 Å². The van der Waals surface area contributed by atoms with E-state index in [1.807, 2.05) is 79.7 Å². The monoisotopic (exact) mass is 319 g/mol. The summed E-state index contributed by atoms with van der Waals surface area (Å²) < 4.78 is 0. The van der Waals surface area contributed by atoms with Gasteiger partial charge in [-0.05, 0) is 17.3 Å². The first-order valence-corrected chi connectivity index (χ1v) is 6.00. The Labute approximate surface area is 131 Å². The van der Waals surface area contributed by atoms with Gasteiger partial charge in [-0.2, -0.15) is 36.4 Å². The molecule has 0 aliphatic heterocycles. The average Bonchev–Trinajstić information content (AvgIpc) is 2.42. The van der Waals surface area contributed by atoms with E-state index in [9.17, 15) is 0 Å². The van der Waals surface area contributed by atoms with E-state index in [1.165, 1.54) is 0 Å². The maximum absolute atomic E-state index is 5.02. The van der Waals surface area contributed by atoms with E-state index < -0.39 is 0 Å². The smallest absolute Gasteiger partial charge is 0.743 e. The van der Waals surface area contributed by atoms with E-state index in [0.29, 0.717) is 5.17 Å². The fourth-order valence-corrected chi connectivity index (χ4v) is 1.16. The molecule has 0 aliphatic rings. The minimum atomic E-state index is 0. The number of benzene rings is 2. The van der Waals surface area contributed by atoms with Crippen LogP contribution in [0.1, 0.15) is 0 Å². The molecule has 0 spiro atoms. The third-order valence-electron chi connectivity index (χ3n) is 1.97. The predicted octanol–water partition coefficient (Wildman–Crippen LogP) is 3.27. The molecule has 0 heterocycles. The first kappa shape index (κ1) is 17.6. The molecule has 1 radical (unpaired) electrons. The molecule has 19 heavy (non-hydrogen) atoms. The van der Waals surface area contributed by atoms with Gasteiger partial charge in [0.25, 0.3) is 0 Å². The van der Waals surface area contributed by atoms with Crippen LogP contribution >= 0.6 is 0 Å². The van der Waals surface area contributed by atoms with Crippen LogP contribution in [0.4, 0.5) is 5.69 Å². The summed E-state index contributed by atoms with van der Waals surface area (Å²) >= 11 is 5.02. The molecule has 4 heteroatoms. The Morgan fingerprint density at radius 2 is 1.53 bits per heavy atom. The summed E-state index contributed by atoms with van der Waals surface area (Å²) in [7, 11) is 3.77. The minimum Gasteiger partial charge on any atom is -0.743 e. The number of hydrogen-bond acceptors (Lipinski definition) is 2. The first-order valence-electron chi connectivity index (χ1n) is 5.59.